The van der Waals surface area contributed by atoms with Gasteiger partial charge in [-0.15, -0.1) is 0 Å². The van der Waals surface area contributed by atoms with Gasteiger partial charge in [0.25, 0.3) is 0 Å². The van der Waals surface area contributed by atoms with E-state index in [2.05, 4.69) is 0 Å². The van der Waals surface area contributed by atoms with Gasteiger partial charge < -0.3 is 14.6 Å². The second-order valence-corrected chi connectivity index (χ2v) is 4.43. The molecule has 0 spiro atoms. The molecule has 0 aliphatic carbocycles. The molecule has 96 valence electrons. The summed E-state index contributed by atoms with van der Waals surface area (Å²) in [6.07, 6.45) is 0.791. The molecule has 1 N–H and O–H groups in total. The summed E-state index contributed by atoms with van der Waals surface area (Å²) in [5.74, 6) is 0. The number of aliphatic hydroxyl groups is 1. The first-order chi connectivity index (χ1) is 8.13. The molecule has 17 heavy (non-hydrogen) atoms. The van der Waals surface area contributed by atoms with Crippen LogP contribution in [0.5, 0.6) is 0 Å². The molecule has 1 rings (SSSR count). The Labute approximate surface area is 111 Å². The number of halogens is 2. The SMILES string of the molecule is COC(OC)c1cc(Cl)cc(Cl)c1CCCO. The van der Waals surface area contributed by atoms with Crippen molar-refractivity contribution in [2.24, 2.45) is 0 Å². The van der Waals surface area contributed by atoms with Crippen molar-refractivity contribution in [2.75, 3.05) is 20.8 Å². The van der Waals surface area contributed by atoms with E-state index in [4.69, 9.17) is 37.8 Å². The second-order valence-electron chi connectivity index (χ2n) is 3.59. The van der Waals surface area contributed by atoms with E-state index in [1.165, 1.54) is 0 Å². The molecule has 3 nitrogen and oxygen atoms in total. The van der Waals surface area contributed by atoms with E-state index >= 15 is 0 Å². The van der Waals surface area contributed by atoms with Crippen molar-refractivity contribution < 1.29 is 14.6 Å². The lowest BCUT2D eigenvalue weighted by molar-refractivity contribution is -0.106. The summed E-state index contributed by atoms with van der Waals surface area (Å²) in [7, 11) is 3.11. The minimum absolute atomic E-state index is 0.114. The van der Waals surface area contributed by atoms with Crippen LogP contribution < -0.4 is 0 Å². The zero-order chi connectivity index (χ0) is 12.8. The summed E-state index contributed by atoms with van der Waals surface area (Å²) in [5.41, 5.74) is 1.71. The predicted molar refractivity (Wildman–Crippen MR) is 68.6 cm³/mol. The predicted octanol–water partition coefficient (Wildman–Crippen LogP) is 3.21. The third-order valence-electron chi connectivity index (χ3n) is 2.46. The van der Waals surface area contributed by atoms with Crippen LogP contribution >= 0.6 is 23.2 Å². The van der Waals surface area contributed by atoms with E-state index in [0.717, 1.165) is 11.1 Å². The van der Waals surface area contributed by atoms with Gasteiger partial charge in [0.1, 0.15) is 0 Å². The third kappa shape index (κ3) is 3.83. The summed E-state index contributed by atoms with van der Waals surface area (Å²) >= 11 is 12.1. The molecule has 0 fully saturated rings. The Morgan fingerprint density at radius 2 is 1.88 bits per heavy atom. The quantitative estimate of drug-likeness (QED) is 0.813. The highest BCUT2D eigenvalue weighted by atomic mass is 35.5. The van der Waals surface area contributed by atoms with Crippen LogP contribution in [0.15, 0.2) is 12.1 Å². The maximum atomic E-state index is 8.89. The molecule has 5 heteroatoms. The average Bonchev–Trinajstić information content (AvgIpc) is 2.29. The van der Waals surface area contributed by atoms with Crippen LogP contribution in [0.25, 0.3) is 0 Å². The van der Waals surface area contributed by atoms with Gasteiger partial charge >= 0.3 is 0 Å². The van der Waals surface area contributed by atoms with Crippen LogP contribution in [0, 0.1) is 0 Å². The van der Waals surface area contributed by atoms with Crippen molar-refractivity contribution in [3.63, 3.8) is 0 Å². The summed E-state index contributed by atoms with van der Waals surface area (Å²) in [6.45, 7) is 0.114. The third-order valence-corrected chi connectivity index (χ3v) is 3.02. The van der Waals surface area contributed by atoms with Gasteiger partial charge in [0.2, 0.25) is 0 Å². The van der Waals surface area contributed by atoms with Crippen LogP contribution in [0.2, 0.25) is 10.0 Å². The second kappa shape index (κ2) is 7.19. The Balaban J connectivity index is 3.14. The van der Waals surface area contributed by atoms with Gasteiger partial charge in [0.15, 0.2) is 6.29 Å². The highest BCUT2D eigenvalue weighted by molar-refractivity contribution is 6.35. The van der Waals surface area contributed by atoms with Gasteiger partial charge in [-0.05, 0) is 30.5 Å². The van der Waals surface area contributed by atoms with Crippen molar-refractivity contribution in [1.82, 2.24) is 0 Å². The first-order valence-electron chi connectivity index (χ1n) is 5.28. The minimum Gasteiger partial charge on any atom is -0.396 e. The summed E-state index contributed by atoms with van der Waals surface area (Å²) in [4.78, 5) is 0. The van der Waals surface area contributed by atoms with Crippen LogP contribution in [-0.4, -0.2) is 25.9 Å². The fraction of sp³-hybridized carbons (Fsp3) is 0.500. The lowest BCUT2D eigenvalue weighted by atomic mass is 10.0. The first-order valence-corrected chi connectivity index (χ1v) is 6.03. The Hall–Kier alpha value is -0.320. The molecule has 0 heterocycles. The van der Waals surface area contributed by atoms with E-state index < -0.39 is 6.29 Å². The highest BCUT2D eigenvalue weighted by Crippen LogP contribution is 2.32. The standard InChI is InChI=1S/C12H16Cl2O3/c1-16-12(17-2)10-6-8(13)7-11(14)9(10)4-3-5-15/h6-7,12,15H,3-5H2,1-2H3. The molecular weight excluding hydrogens is 263 g/mol. The molecule has 0 amide bonds. The highest BCUT2D eigenvalue weighted by Gasteiger charge is 2.17. The zero-order valence-electron chi connectivity index (χ0n) is 9.87. The van der Waals surface area contributed by atoms with E-state index in [1.807, 2.05) is 0 Å². The number of aliphatic hydroxyl groups excluding tert-OH is 1. The lowest BCUT2D eigenvalue weighted by Crippen LogP contribution is -2.08. The maximum absolute atomic E-state index is 8.89. The molecule has 0 aliphatic rings. The Morgan fingerprint density at radius 3 is 2.41 bits per heavy atom. The van der Waals surface area contributed by atoms with Gasteiger partial charge in [-0.25, -0.2) is 0 Å². The molecule has 0 atom stereocenters. The Morgan fingerprint density at radius 1 is 1.24 bits per heavy atom. The van der Waals surface area contributed by atoms with E-state index in [1.54, 1.807) is 26.4 Å². The van der Waals surface area contributed by atoms with Crippen LogP contribution in [-0.2, 0) is 15.9 Å². The van der Waals surface area contributed by atoms with Gasteiger partial charge in [0, 0.05) is 36.4 Å². The minimum atomic E-state index is -0.500. The van der Waals surface area contributed by atoms with E-state index in [0.29, 0.717) is 22.9 Å². The molecular formula is C12H16Cl2O3. The van der Waals surface area contributed by atoms with Crippen LogP contribution in [0.1, 0.15) is 23.8 Å². The molecule has 0 aromatic heterocycles. The summed E-state index contributed by atoms with van der Waals surface area (Å²) in [5, 5.41) is 9.99. The number of methoxy groups -OCH3 is 2. The van der Waals surface area contributed by atoms with Crippen molar-refractivity contribution in [1.29, 1.82) is 0 Å². The lowest BCUT2D eigenvalue weighted by Gasteiger charge is -2.19. The van der Waals surface area contributed by atoms with Crippen molar-refractivity contribution in [3.8, 4) is 0 Å². The number of hydrogen-bond acceptors (Lipinski definition) is 3. The van der Waals surface area contributed by atoms with E-state index in [-0.39, 0.29) is 6.61 Å². The van der Waals surface area contributed by atoms with Gasteiger partial charge in [-0.1, -0.05) is 23.2 Å². The smallest absolute Gasteiger partial charge is 0.183 e. The fourth-order valence-corrected chi connectivity index (χ4v) is 2.31. The Kier molecular flexibility index (Phi) is 6.23. The largest absolute Gasteiger partial charge is 0.396 e. The molecule has 1 aromatic rings. The molecule has 0 radical (unpaired) electrons. The number of rotatable bonds is 6. The maximum Gasteiger partial charge on any atom is 0.183 e. The molecule has 0 aliphatic heterocycles. The van der Waals surface area contributed by atoms with E-state index in [9.17, 15) is 0 Å². The summed E-state index contributed by atoms with van der Waals surface area (Å²) in [6, 6.07) is 3.46. The van der Waals surface area contributed by atoms with Crippen LogP contribution in [0.3, 0.4) is 0 Å². The fourth-order valence-electron chi connectivity index (χ4n) is 1.70. The molecule has 0 unspecified atom stereocenters. The monoisotopic (exact) mass is 278 g/mol. The van der Waals surface area contributed by atoms with Crippen molar-refractivity contribution in [2.45, 2.75) is 19.1 Å². The number of benzene rings is 1. The first kappa shape index (κ1) is 14.7. The molecule has 0 bridgehead atoms. The number of ether oxygens (including phenoxy) is 2. The molecule has 0 saturated carbocycles. The zero-order valence-corrected chi connectivity index (χ0v) is 11.4. The normalized spacial score (nSPS) is 11.2. The number of hydrogen-bond donors (Lipinski definition) is 1. The van der Waals surface area contributed by atoms with Crippen molar-refractivity contribution in [3.05, 3.63) is 33.3 Å². The Bertz CT molecular complexity index is 365. The molecule has 0 saturated heterocycles. The topological polar surface area (TPSA) is 38.7 Å². The van der Waals surface area contributed by atoms with Gasteiger partial charge in [-0.2, -0.15) is 0 Å². The average molecular weight is 279 g/mol. The van der Waals surface area contributed by atoms with Gasteiger partial charge in [-0.3, -0.25) is 0 Å². The summed E-state index contributed by atoms with van der Waals surface area (Å²) < 4.78 is 10.4. The van der Waals surface area contributed by atoms with Crippen molar-refractivity contribution >= 4 is 23.2 Å². The van der Waals surface area contributed by atoms with Gasteiger partial charge in [0.05, 0.1) is 0 Å². The van der Waals surface area contributed by atoms with Crippen LogP contribution in [0.4, 0.5) is 0 Å². The molecule has 1 aromatic carbocycles.